The molecule has 1 heterocycles. The number of hydrogen-bond donors (Lipinski definition) is 1. The quantitative estimate of drug-likeness (QED) is 0.701. The van der Waals surface area contributed by atoms with Gasteiger partial charge in [0.15, 0.2) is 0 Å². The second-order valence-corrected chi connectivity index (χ2v) is 7.50. The number of likely N-dealkylation sites (tertiary alicyclic amines) is 1. The number of anilines is 1. The molecular weight excluding hydrogens is 376 g/mol. The van der Waals surface area contributed by atoms with E-state index in [2.05, 4.69) is 36.5 Å². The van der Waals surface area contributed by atoms with Crippen molar-refractivity contribution in [2.45, 2.75) is 38.6 Å². The second kappa shape index (κ2) is 9.20. The van der Waals surface area contributed by atoms with Crippen LogP contribution >= 0.6 is 11.6 Å². The summed E-state index contributed by atoms with van der Waals surface area (Å²) in [5, 5.41) is 3.41. The van der Waals surface area contributed by atoms with Gasteiger partial charge in [0.1, 0.15) is 11.5 Å². The summed E-state index contributed by atoms with van der Waals surface area (Å²) >= 11 is 6.25. The number of amides is 2. The first-order chi connectivity index (χ1) is 13.5. The lowest BCUT2D eigenvalue weighted by molar-refractivity contribution is 0.189. The number of hydrogen-bond acceptors (Lipinski definition) is 3. The molecule has 0 radical (unpaired) electrons. The van der Waals surface area contributed by atoms with Crippen molar-refractivity contribution < 1.29 is 14.3 Å². The molecule has 1 aliphatic rings. The molecule has 0 saturated carbocycles. The van der Waals surface area contributed by atoms with Crippen molar-refractivity contribution in [2.75, 3.05) is 26.1 Å². The largest absolute Gasteiger partial charge is 0.495 e. The molecule has 28 heavy (non-hydrogen) atoms. The fourth-order valence-corrected chi connectivity index (χ4v) is 3.96. The van der Waals surface area contributed by atoms with Crippen molar-refractivity contribution in [1.82, 2.24) is 4.90 Å². The van der Waals surface area contributed by atoms with Crippen LogP contribution in [0.1, 0.15) is 42.9 Å². The van der Waals surface area contributed by atoms with E-state index >= 15 is 0 Å². The van der Waals surface area contributed by atoms with Gasteiger partial charge in [-0.15, -0.1) is 0 Å². The molecule has 0 bridgehead atoms. The van der Waals surface area contributed by atoms with Crippen molar-refractivity contribution in [1.29, 1.82) is 0 Å². The van der Waals surface area contributed by atoms with Crippen LogP contribution in [0.4, 0.5) is 10.5 Å². The van der Waals surface area contributed by atoms with Crippen LogP contribution in [0.15, 0.2) is 36.4 Å². The molecule has 1 saturated heterocycles. The van der Waals surface area contributed by atoms with Crippen molar-refractivity contribution in [3.8, 4) is 11.5 Å². The van der Waals surface area contributed by atoms with E-state index in [0.717, 1.165) is 32.2 Å². The molecule has 1 fully saturated rings. The van der Waals surface area contributed by atoms with Crippen LogP contribution in [0.25, 0.3) is 0 Å². The highest BCUT2D eigenvalue weighted by Crippen LogP contribution is 2.37. The van der Waals surface area contributed by atoms with E-state index in [9.17, 15) is 4.79 Å². The zero-order valence-corrected chi connectivity index (χ0v) is 17.4. The molecule has 3 rings (SSSR count). The Morgan fingerprint density at radius 2 is 1.89 bits per heavy atom. The topological polar surface area (TPSA) is 50.8 Å². The molecule has 0 unspecified atom stereocenters. The number of methoxy groups -OCH3 is 2. The second-order valence-electron chi connectivity index (χ2n) is 7.09. The lowest BCUT2D eigenvalue weighted by Gasteiger charge is -2.31. The summed E-state index contributed by atoms with van der Waals surface area (Å²) in [4.78, 5) is 15.1. The molecule has 6 heteroatoms. The summed E-state index contributed by atoms with van der Waals surface area (Å²) in [6.07, 6.45) is 4.19. The minimum Gasteiger partial charge on any atom is -0.495 e. The van der Waals surface area contributed by atoms with Gasteiger partial charge in [0.2, 0.25) is 0 Å². The summed E-state index contributed by atoms with van der Waals surface area (Å²) in [6, 6.07) is 11.7. The van der Waals surface area contributed by atoms with E-state index in [1.54, 1.807) is 26.4 Å². The van der Waals surface area contributed by atoms with Gasteiger partial charge in [-0.25, -0.2) is 4.79 Å². The van der Waals surface area contributed by atoms with Gasteiger partial charge in [0, 0.05) is 12.6 Å². The summed E-state index contributed by atoms with van der Waals surface area (Å²) in [7, 11) is 3.10. The number of nitrogens with one attached hydrogen (secondary N) is 1. The standard InChI is InChI=1S/C22H27ClN2O3/c1-15-8-7-9-16(12-15)19-10-5-4-6-11-25(19)22(26)24-18-13-17(23)20(27-2)14-21(18)28-3/h7-9,12-14,19H,4-6,10-11H2,1-3H3,(H,24,26)/t19-/m1/s1. The van der Waals surface area contributed by atoms with E-state index in [-0.39, 0.29) is 12.1 Å². The number of benzene rings is 2. The molecule has 1 atom stereocenters. The zero-order chi connectivity index (χ0) is 20.1. The van der Waals surface area contributed by atoms with E-state index in [1.165, 1.54) is 11.1 Å². The molecule has 150 valence electrons. The molecule has 0 spiro atoms. The molecule has 1 N–H and O–H groups in total. The van der Waals surface area contributed by atoms with Crippen LogP contribution in [0.5, 0.6) is 11.5 Å². The van der Waals surface area contributed by atoms with E-state index in [1.807, 2.05) is 4.90 Å². The van der Waals surface area contributed by atoms with Crippen molar-refractivity contribution in [2.24, 2.45) is 0 Å². The molecular formula is C22H27ClN2O3. The van der Waals surface area contributed by atoms with Crippen LogP contribution in [0, 0.1) is 6.92 Å². The Morgan fingerprint density at radius 1 is 1.11 bits per heavy atom. The summed E-state index contributed by atoms with van der Waals surface area (Å²) in [6.45, 7) is 2.80. The molecule has 2 amide bonds. The fraction of sp³-hybridized carbons (Fsp3) is 0.409. The Bertz CT molecular complexity index is 841. The van der Waals surface area contributed by atoms with Gasteiger partial charge < -0.3 is 19.7 Å². The number of aryl methyl sites for hydroxylation is 1. The fourth-order valence-electron chi connectivity index (χ4n) is 3.72. The van der Waals surface area contributed by atoms with Crippen LogP contribution in [-0.4, -0.2) is 31.7 Å². The van der Waals surface area contributed by atoms with E-state index in [4.69, 9.17) is 21.1 Å². The van der Waals surface area contributed by atoms with Gasteiger partial charge in [-0.3, -0.25) is 0 Å². The third-order valence-corrected chi connectivity index (χ3v) is 5.45. The SMILES string of the molecule is COc1cc(OC)c(NC(=O)N2CCCCC[C@@H]2c2cccc(C)c2)cc1Cl. The van der Waals surface area contributed by atoms with Crippen LogP contribution in [0.2, 0.25) is 5.02 Å². The van der Waals surface area contributed by atoms with E-state index < -0.39 is 0 Å². The number of halogens is 1. The lowest BCUT2D eigenvalue weighted by Crippen LogP contribution is -2.38. The highest BCUT2D eigenvalue weighted by Gasteiger charge is 2.27. The zero-order valence-electron chi connectivity index (χ0n) is 16.6. The third-order valence-electron chi connectivity index (χ3n) is 5.16. The van der Waals surface area contributed by atoms with Crippen molar-refractivity contribution >= 4 is 23.3 Å². The number of nitrogens with zero attached hydrogens (tertiary/aromatic N) is 1. The first kappa shape index (κ1) is 20.3. The smallest absolute Gasteiger partial charge is 0.322 e. The van der Waals surface area contributed by atoms with Gasteiger partial charge in [0.05, 0.1) is 31.0 Å². The maximum absolute atomic E-state index is 13.2. The molecule has 2 aromatic rings. The number of ether oxygens (including phenoxy) is 2. The van der Waals surface area contributed by atoms with Crippen LogP contribution < -0.4 is 14.8 Å². The summed E-state index contributed by atoms with van der Waals surface area (Å²) in [5.74, 6) is 1.01. The molecule has 1 aliphatic heterocycles. The minimum absolute atomic E-state index is 0.0575. The normalized spacial score (nSPS) is 17.0. The Kier molecular flexibility index (Phi) is 6.68. The first-order valence-electron chi connectivity index (χ1n) is 9.59. The van der Waals surface area contributed by atoms with Gasteiger partial charge in [-0.05, 0) is 31.4 Å². The maximum atomic E-state index is 13.2. The summed E-state index contributed by atoms with van der Waals surface area (Å²) < 4.78 is 10.6. The predicted octanol–water partition coefficient (Wildman–Crippen LogP) is 5.81. The van der Waals surface area contributed by atoms with Crippen LogP contribution in [-0.2, 0) is 0 Å². The molecule has 0 aromatic heterocycles. The first-order valence-corrected chi connectivity index (χ1v) is 9.97. The maximum Gasteiger partial charge on any atom is 0.322 e. The number of carbonyl (C=O) groups is 1. The Labute approximate surface area is 171 Å². The Balaban J connectivity index is 1.88. The average Bonchev–Trinajstić information content (AvgIpc) is 2.94. The van der Waals surface area contributed by atoms with Gasteiger partial charge in [0.25, 0.3) is 0 Å². The third kappa shape index (κ3) is 4.53. The number of urea groups is 1. The van der Waals surface area contributed by atoms with Gasteiger partial charge in [-0.1, -0.05) is 54.3 Å². The predicted molar refractivity (Wildman–Crippen MR) is 113 cm³/mol. The Hall–Kier alpha value is -2.40. The van der Waals surface area contributed by atoms with Gasteiger partial charge in [-0.2, -0.15) is 0 Å². The molecule has 2 aromatic carbocycles. The van der Waals surface area contributed by atoms with E-state index in [0.29, 0.717) is 22.2 Å². The number of rotatable bonds is 4. The highest BCUT2D eigenvalue weighted by molar-refractivity contribution is 6.32. The van der Waals surface area contributed by atoms with Crippen molar-refractivity contribution in [3.05, 3.63) is 52.5 Å². The van der Waals surface area contributed by atoms with Gasteiger partial charge >= 0.3 is 6.03 Å². The molecule has 0 aliphatic carbocycles. The summed E-state index contributed by atoms with van der Waals surface area (Å²) in [5.41, 5.74) is 2.91. The average molecular weight is 403 g/mol. The van der Waals surface area contributed by atoms with Crippen molar-refractivity contribution in [3.63, 3.8) is 0 Å². The minimum atomic E-state index is -0.145. The monoisotopic (exact) mass is 402 g/mol. The lowest BCUT2D eigenvalue weighted by atomic mass is 9.99. The molecule has 5 nitrogen and oxygen atoms in total. The Morgan fingerprint density at radius 3 is 2.61 bits per heavy atom. The van der Waals surface area contributed by atoms with Crippen LogP contribution in [0.3, 0.4) is 0 Å². The highest BCUT2D eigenvalue weighted by atomic mass is 35.5. The number of carbonyl (C=O) groups excluding carboxylic acids is 1.